The second-order valence-corrected chi connectivity index (χ2v) is 6.77. The van der Waals surface area contributed by atoms with Crippen LogP contribution in [0.25, 0.3) is 5.78 Å². The third-order valence-electron chi connectivity index (χ3n) is 4.90. The normalized spacial score (nSPS) is 18.0. The van der Waals surface area contributed by atoms with Crippen LogP contribution < -0.4 is 0 Å². The number of carbonyl (C=O) groups is 1. The van der Waals surface area contributed by atoms with Gasteiger partial charge < -0.3 is 9.47 Å². The zero-order chi connectivity index (χ0) is 19.7. The second-order valence-electron chi connectivity index (χ2n) is 6.77. The summed E-state index contributed by atoms with van der Waals surface area (Å²) in [6.07, 6.45) is 3.24. The highest BCUT2D eigenvalue weighted by Crippen LogP contribution is 2.33. The van der Waals surface area contributed by atoms with Gasteiger partial charge in [-0.05, 0) is 18.9 Å². The molecule has 1 aliphatic heterocycles. The van der Waals surface area contributed by atoms with E-state index in [0.29, 0.717) is 49.1 Å². The van der Waals surface area contributed by atoms with E-state index in [1.807, 2.05) is 4.57 Å². The number of alkyl halides is 3. The smallest absolute Gasteiger partial charge is 0.342 e. The van der Waals surface area contributed by atoms with Crippen LogP contribution in [0, 0.1) is 0 Å². The molecule has 1 atom stereocenters. The van der Waals surface area contributed by atoms with E-state index in [0.717, 1.165) is 12.4 Å². The van der Waals surface area contributed by atoms with Crippen LogP contribution in [-0.2, 0) is 17.5 Å². The van der Waals surface area contributed by atoms with Crippen molar-refractivity contribution >= 4 is 11.7 Å². The van der Waals surface area contributed by atoms with Crippen molar-refractivity contribution < 1.29 is 18.0 Å². The predicted octanol–water partition coefficient (Wildman–Crippen LogP) is 2.14. The van der Waals surface area contributed by atoms with Crippen LogP contribution in [0.15, 0.2) is 31.1 Å². The fraction of sp³-hybridized carbons (Fsp3) is 0.471. The summed E-state index contributed by atoms with van der Waals surface area (Å²) < 4.78 is 42.7. The number of aryl methyl sites for hydroxylation is 1. The maximum Gasteiger partial charge on any atom is 0.433 e. The number of likely N-dealkylation sites (tertiary alicyclic amines) is 1. The van der Waals surface area contributed by atoms with E-state index in [2.05, 4.69) is 20.1 Å². The molecule has 0 radical (unpaired) electrons. The topological polar surface area (TPSA) is 81.2 Å². The summed E-state index contributed by atoms with van der Waals surface area (Å²) in [6.45, 7) is 1.46. The molecule has 11 heteroatoms. The summed E-state index contributed by atoms with van der Waals surface area (Å²) in [5.41, 5.74) is -0.617. The van der Waals surface area contributed by atoms with Crippen molar-refractivity contribution in [1.29, 1.82) is 0 Å². The Labute approximate surface area is 158 Å². The van der Waals surface area contributed by atoms with Gasteiger partial charge in [-0.25, -0.2) is 9.97 Å². The molecule has 8 nitrogen and oxygen atoms in total. The van der Waals surface area contributed by atoms with Crippen molar-refractivity contribution in [3.05, 3.63) is 42.5 Å². The SMILES string of the molecule is O=C(CCn1ccnc1)N1CCC[C@H](c2cc(C(F)(F)F)n3ncnc3n2)C1. The van der Waals surface area contributed by atoms with Gasteiger partial charge in [-0.1, -0.05) is 0 Å². The Morgan fingerprint density at radius 1 is 1.32 bits per heavy atom. The number of imidazole rings is 1. The molecule has 1 fully saturated rings. The van der Waals surface area contributed by atoms with Gasteiger partial charge in [0.05, 0.1) is 12.0 Å². The fourth-order valence-electron chi connectivity index (χ4n) is 3.49. The number of rotatable bonds is 4. The Bertz CT molecular complexity index is 967. The third-order valence-corrected chi connectivity index (χ3v) is 4.90. The number of nitrogens with zero attached hydrogens (tertiary/aromatic N) is 7. The number of hydrogen-bond donors (Lipinski definition) is 0. The zero-order valence-electron chi connectivity index (χ0n) is 14.9. The minimum atomic E-state index is -4.57. The molecule has 0 N–H and O–H groups in total. The molecule has 1 aliphatic rings. The Balaban J connectivity index is 1.52. The molecule has 0 aliphatic carbocycles. The summed E-state index contributed by atoms with van der Waals surface area (Å²) in [5, 5.41) is 3.61. The highest BCUT2D eigenvalue weighted by Gasteiger charge is 2.36. The summed E-state index contributed by atoms with van der Waals surface area (Å²) in [5.74, 6) is -0.389. The van der Waals surface area contributed by atoms with Crippen molar-refractivity contribution in [2.24, 2.45) is 0 Å². The van der Waals surface area contributed by atoms with Gasteiger partial charge in [0, 0.05) is 44.4 Å². The molecule has 4 rings (SSSR count). The minimum Gasteiger partial charge on any atom is -0.342 e. The molecule has 3 aromatic heterocycles. The lowest BCUT2D eigenvalue weighted by Gasteiger charge is -2.32. The number of fused-ring (bicyclic) bond motifs is 1. The molecule has 148 valence electrons. The van der Waals surface area contributed by atoms with E-state index < -0.39 is 11.9 Å². The number of amides is 1. The molecule has 0 saturated carbocycles. The average molecular weight is 393 g/mol. The summed E-state index contributed by atoms with van der Waals surface area (Å²) in [4.78, 5) is 26.2. The Kier molecular flexibility index (Phi) is 4.73. The van der Waals surface area contributed by atoms with Crippen LogP contribution in [0.5, 0.6) is 0 Å². The van der Waals surface area contributed by atoms with Gasteiger partial charge >= 0.3 is 6.18 Å². The second kappa shape index (κ2) is 7.21. The molecule has 28 heavy (non-hydrogen) atoms. The molecule has 1 amide bonds. The van der Waals surface area contributed by atoms with Crippen LogP contribution in [0.2, 0.25) is 0 Å². The highest BCUT2D eigenvalue weighted by molar-refractivity contribution is 5.76. The van der Waals surface area contributed by atoms with Crippen molar-refractivity contribution in [3.63, 3.8) is 0 Å². The van der Waals surface area contributed by atoms with Crippen LogP contribution >= 0.6 is 0 Å². The van der Waals surface area contributed by atoms with Gasteiger partial charge in [0.2, 0.25) is 5.91 Å². The van der Waals surface area contributed by atoms with E-state index in [9.17, 15) is 18.0 Å². The van der Waals surface area contributed by atoms with Gasteiger partial charge in [0.25, 0.3) is 5.78 Å². The van der Waals surface area contributed by atoms with E-state index in [1.165, 1.54) is 0 Å². The molecular formula is C17H18F3N7O. The van der Waals surface area contributed by atoms with Crippen LogP contribution in [-0.4, -0.2) is 53.0 Å². The van der Waals surface area contributed by atoms with Gasteiger partial charge in [-0.2, -0.15) is 27.8 Å². The fourth-order valence-corrected chi connectivity index (χ4v) is 3.49. The van der Waals surface area contributed by atoms with E-state index in [4.69, 9.17) is 0 Å². The summed E-state index contributed by atoms with van der Waals surface area (Å²) >= 11 is 0. The first-order chi connectivity index (χ1) is 13.4. The molecular weight excluding hydrogens is 375 g/mol. The largest absolute Gasteiger partial charge is 0.433 e. The maximum atomic E-state index is 13.4. The first kappa shape index (κ1) is 18.4. The van der Waals surface area contributed by atoms with Crippen molar-refractivity contribution in [1.82, 2.24) is 34.0 Å². The molecule has 0 spiro atoms. The summed E-state index contributed by atoms with van der Waals surface area (Å²) in [7, 11) is 0. The monoisotopic (exact) mass is 393 g/mol. The molecule has 3 aromatic rings. The lowest BCUT2D eigenvalue weighted by atomic mass is 9.94. The molecule has 1 saturated heterocycles. The first-order valence-corrected chi connectivity index (χ1v) is 8.93. The van der Waals surface area contributed by atoms with Gasteiger partial charge in [-0.3, -0.25) is 4.79 Å². The molecule has 0 unspecified atom stereocenters. The molecule has 4 heterocycles. The number of aromatic nitrogens is 6. The molecule has 0 aromatic carbocycles. The van der Waals surface area contributed by atoms with Crippen LogP contribution in [0.3, 0.4) is 0 Å². The van der Waals surface area contributed by atoms with Crippen LogP contribution in [0.4, 0.5) is 13.2 Å². The first-order valence-electron chi connectivity index (χ1n) is 8.93. The van der Waals surface area contributed by atoms with Crippen molar-refractivity contribution in [2.75, 3.05) is 13.1 Å². The number of hydrogen-bond acceptors (Lipinski definition) is 5. The molecule has 0 bridgehead atoms. The third kappa shape index (κ3) is 3.69. The van der Waals surface area contributed by atoms with Crippen molar-refractivity contribution in [3.8, 4) is 0 Å². The standard InChI is InChI=1S/C17H18F3N7O/c18-17(19,20)14-8-13(24-16-22-10-23-27(14)16)12-2-1-5-26(9-12)15(28)3-6-25-7-4-21-11-25/h4,7-8,10-12H,1-3,5-6,9H2/t12-/m0/s1. The quantitative estimate of drug-likeness (QED) is 0.678. The van der Waals surface area contributed by atoms with E-state index in [-0.39, 0.29) is 17.6 Å². The van der Waals surface area contributed by atoms with Crippen LogP contribution in [0.1, 0.15) is 36.6 Å². The Hall–Kier alpha value is -2.98. The average Bonchev–Trinajstić information content (AvgIpc) is 3.36. The zero-order valence-corrected chi connectivity index (χ0v) is 14.9. The number of piperidine rings is 1. The van der Waals surface area contributed by atoms with Gasteiger partial charge in [-0.15, -0.1) is 0 Å². The lowest BCUT2D eigenvalue weighted by molar-refractivity contribution is -0.143. The van der Waals surface area contributed by atoms with Crippen molar-refractivity contribution in [2.45, 2.75) is 37.9 Å². The number of halogens is 3. The maximum absolute atomic E-state index is 13.4. The van der Waals surface area contributed by atoms with Gasteiger partial charge in [0.1, 0.15) is 6.33 Å². The van der Waals surface area contributed by atoms with E-state index in [1.54, 1.807) is 23.6 Å². The van der Waals surface area contributed by atoms with E-state index >= 15 is 0 Å². The summed E-state index contributed by atoms with van der Waals surface area (Å²) in [6, 6.07) is 1.02. The lowest BCUT2D eigenvalue weighted by Crippen LogP contribution is -2.39. The predicted molar refractivity (Wildman–Crippen MR) is 91.2 cm³/mol. The number of carbonyl (C=O) groups excluding carboxylic acids is 1. The Morgan fingerprint density at radius 2 is 2.18 bits per heavy atom. The van der Waals surface area contributed by atoms with Gasteiger partial charge in [0.15, 0.2) is 5.69 Å². The minimum absolute atomic E-state index is 0.0296. The highest BCUT2D eigenvalue weighted by atomic mass is 19.4. The Morgan fingerprint density at radius 3 is 2.93 bits per heavy atom.